The first-order chi connectivity index (χ1) is 10.7. The Morgan fingerprint density at radius 2 is 1.86 bits per heavy atom. The predicted molar refractivity (Wildman–Crippen MR) is 88.3 cm³/mol. The molecule has 0 spiro atoms. The van der Waals surface area contributed by atoms with Crippen LogP contribution in [-0.2, 0) is 4.74 Å². The van der Waals surface area contributed by atoms with E-state index < -0.39 is 0 Å². The average molecular weight is 302 g/mol. The van der Waals surface area contributed by atoms with E-state index in [0.717, 1.165) is 56.7 Å². The van der Waals surface area contributed by atoms with E-state index >= 15 is 0 Å². The summed E-state index contributed by atoms with van der Waals surface area (Å²) >= 11 is 0. The molecular formula is C18H26N2O2. The lowest BCUT2D eigenvalue weighted by Crippen LogP contribution is -2.42. The molecule has 120 valence electrons. The summed E-state index contributed by atoms with van der Waals surface area (Å²) in [6.07, 6.45) is 5.57. The minimum Gasteiger partial charge on any atom is -0.382 e. The maximum atomic E-state index is 12.6. The second kappa shape index (κ2) is 7.14. The van der Waals surface area contributed by atoms with Gasteiger partial charge in [-0.2, -0.15) is 0 Å². The number of carbonyl (C=O) groups is 1. The Morgan fingerprint density at radius 3 is 2.55 bits per heavy atom. The van der Waals surface area contributed by atoms with Gasteiger partial charge in [-0.15, -0.1) is 0 Å². The van der Waals surface area contributed by atoms with E-state index in [-0.39, 0.29) is 5.91 Å². The van der Waals surface area contributed by atoms with Crippen molar-refractivity contribution in [3.63, 3.8) is 0 Å². The van der Waals surface area contributed by atoms with Crippen LogP contribution < -0.4 is 5.32 Å². The molecule has 22 heavy (non-hydrogen) atoms. The first-order valence-electron chi connectivity index (χ1n) is 8.49. The van der Waals surface area contributed by atoms with Gasteiger partial charge < -0.3 is 15.0 Å². The number of rotatable bonds is 3. The van der Waals surface area contributed by atoms with Gasteiger partial charge in [-0.1, -0.05) is 0 Å². The van der Waals surface area contributed by atoms with Crippen molar-refractivity contribution in [3.05, 3.63) is 29.8 Å². The summed E-state index contributed by atoms with van der Waals surface area (Å²) in [7, 11) is 0. The Balaban J connectivity index is 1.61. The monoisotopic (exact) mass is 302 g/mol. The molecule has 1 amide bonds. The number of hydrogen-bond donors (Lipinski definition) is 1. The molecule has 2 aliphatic heterocycles. The minimum absolute atomic E-state index is 0.171. The normalized spacial score (nSPS) is 23.3. The third kappa shape index (κ3) is 3.61. The molecule has 2 fully saturated rings. The number of nitrogens with zero attached hydrogens (tertiary/aromatic N) is 1. The Bertz CT molecular complexity index is 494. The van der Waals surface area contributed by atoms with Crippen LogP contribution in [0.5, 0.6) is 0 Å². The lowest BCUT2D eigenvalue weighted by molar-refractivity contribution is 0.0635. The summed E-state index contributed by atoms with van der Waals surface area (Å²) in [6, 6.07) is 8.80. The van der Waals surface area contributed by atoms with Crippen molar-refractivity contribution in [2.45, 2.75) is 51.1 Å². The molecular weight excluding hydrogens is 276 g/mol. The molecule has 1 aromatic carbocycles. The highest BCUT2D eigenvalue weighted by atomic mass is 16.5. The number of anilines is 1. The molecule has 0 aliphatic carbocycles. The Labute approximate surface area is 132 Å². The van der Waals surface area contributed by atoms with Gasteiger partial charge in [0, 0.05) is 43.1 Å². The van der Waals surface area contributed by atoms with E-state index in [4.69, 9.17) is 4.74 Å². The third-order valence-corrected chi connectivity index (χ3v) is 4.79. The topological polar surface area (TPSA) is 41.6 Å². The molecule has 1 aromatic rings. The lowest BCUT2D eigenvalue weighted by Gasteiger charge is -2.33. The molecule has 0 radical (unpaired) electrons. The molecule has 1 N–H and O–H groups in total. The van der Waals surface area contributed by atoms with Crippen molar-refractivity contribution in [2.24, 2.45) is 0 Å². The van der Waals surface area contributed by atoms with Crippen LogP contribution in [0, 0.1) is 0 Å². The molecule has 4 nitrogen and oxygen atoms in total. The number of carbonyl (C=O) groups excluding carboxylic acids is 1. The lowest BCUT2D eigenvalue weighted by atomic mass is 10.0. The van der Waals surface area contributed by atoms with Gasteiger partial charge in [0.25, 0.3) is 5.91 Å². The largest absolute Gasteiger partial charge is 0.382 e. The van der Waals surface area contributed by atoms with E-state index in [2.05, 4.69) is 12.2 Å². The number of piperidine rings is 1. The van der Waals surface area contributed by atoms with Crippen molar-refractivity contribution in [1.82, 2.24) is 4.90 Å². The van der Waals surface area contributed by atoms with Gasteiger partial charge in [-0.05, 0) is 63.3 Å². The Morgan fingerprint density at radius 1 is 1.14 bits per heavy atom. The number of likely N-dealkylation sites (tertiary alicyclic amines) is 1. The maximum Gasteiger partial charge on any atom is 0.254 e. The fraction of sp³-hybridized carbons (Fsp3) is 0.611. The van der Waals surface area contributed by atoms with Crippen molar-refractivity contribution in [3.8, 4) is 0 Å². The summed E-state index contributed by atoms with van der Waals surface area (Å²) in [5, 5.41) is 3.53. The number of nitrogens with one attached hydrogen (secondary N) is 1. The fourth-order valence-corrected chi connectivity index (χ4v) is 3.35. The minimum atomic E-state index is 0.171. The first-order valence-corrected chi connectivity index (χ1v) is 8.49. The SMILES string of the molecule is C[C@@H]1CCCCN1C(=O)c1ccc(NC2CCOCC2)cc1. The molecule has 2 aliphatic rings. The fourth-order valence-electron chi connectivity index (χ4n) is 3.35. The molecule has 0 aromatic heterocycles. The van der Waals surface area contributed by atoms with Gasteiger partial charge >= 0.3 is 0 Å². The molecule has 0 bridgehead atoms. The van der Waals surface area contributed by atoms with Crippen molar-refractivity contribution >= 4 is 11.6 Å². The zero-order chi connectivity index (χ0) is 15.4. The van der Waals surface area contributed by atoms with Crippen LogP contribution in [0.2, 0.25) is 0 Å². The highest BCUT2D eigenvalue weighted by molar-refractivity contribution is 5.94. The molecule has 2 heterocycles. The molecule has 3 rings (SSSR count). The quantitative estimate of drug-likeness (QED) is 0.931. The third-order valence-electron chi connectivity index (χ3n) is 4.79. The van der Waals surface area contributed by atoms with Crippen LogP contribution in [0.3, 0.4) is 0 Å². The van der Waals surface area contributed by atoms with Gasteiger partial charge in [-0.3, -0.25) is 4.79 Å². The molecule has 1 atom stereocenters. The van der Waals surface area contributed by atoms with Crippen molar-refractivity contribution < 1.29 is 9.53 Å². The van der Waals surface area contributed by atoms with Gasteiger partial charge in [-0.25, -0.2) is 0 Å². The summed E-state index contributed by atoms with van der Waals surface area (Å²) in [6.45, 7) is 4.71. The van der Waals surface area contributed by atoms with E-state index in [1.165, 1.54) is 6.42 Å². The summed E-state index contributed by atoms with van der Waals surface area (Å²) < 4.78 is 5.38. The highest BCUT2D eigenvalue weighted by Crippen LogP contribution is 2.21. The second-order valence-electron chi connectivity index (χ2n) is 6.45. The van der Waals surface area contributed by atoms with Crippen LogP contribution >= 0.6 is 0 Å². The van der Waals surface area contributed by atoms with Crippen LogP contribution in [0.4, 0.5) is 5.69 Å². The van der Waals surface area contributed by atoms with Gasteiger partial charge in [0.1, 0.15) is 0 Å². The second-order valence-corrected chi connectivity index (χ2v) is 6.45. The first kappa shape index (κ1) is 15.3. The molecule has 2 saturated heterocycles. The van der Waals surface area contributed by atoms with Crippen LogP contribution in [0.25, 0.3) is 0 Å². The predicted octanol–water partition coefficient (Wildman–Crippen LogP) is 3.29. The Hall–Kier alpha value is -1.55. The van der Waals surface area contributed by atoms with Gasteiger partial charge in [0.2, 0.25) is 0 Å². The van der Waals surface area contributed by atoms with E-state index in [9.17, 15) is 4.79 Å². The summed E-state index contributed by atoms with van der Waals surface area (Å²) in [5.41, 5.74) is 1.89. The van der Waals surface area contributed by atoms with Crippen LogP contribution in [-0.4, -0.2) is 42.6 Å². The number of amides is 1. The Kier molecular flexibility index (Phi) is 4.98. The van der Waals surface area contributed by atoms with Crippen LogP contribution in [0.15, 0.2) is 24.3 Å². The van der Waals surface area contributed by atoms with E-state index in [0.29, 0.717) is 12.1 Å². The van der Waals surface area contributed by atoms with Gasteiger partial charge in [0.05, 0.1) is 0 Å². The summed E-state index contributed by atoms with van der Waals surface area (Å²) in [4.78, 5) is 14.6. The average Bonchev–Trinajstić information content (AvgIpc) is 2.56. The van der Waals surface area contributed by atoms with Crippen LogP contribution in [0.1, 0.15) is 49.4 Å². The zero-order valence-electron chi connectivity index (χ0n) is 13.4. The number of ether oxygens (including phenoxy) is 1. The van der Waals surface area contributed by atoms with E-state index in [1.54, 1.807) is 0 Å². The van der Waals surface area contributed by atoms with Crippen molar-refractivity contribution in [2.75, 3.05) is 25.1 Å². The standard InChI is InChI=1S/C18H26N2O2/c1-14-4-2-3-11-20(14)18(21)15-5-7-16(8-6-15)19-17-9-12-22-13-10-17/h5-8,14,17,19H,2-4,9-13H2,1H3/t14-/m1/s1. The van der Waals surface area contributed by atoms with Crippen molar-refractivity contribution in [1.29, 1.82) is 0 Å². The number of hydrogen-bond acceptors (Lipinski definition) is 3. The molecule has 0 unspecified atom stereocenters. The highest BCUT2D eigenvalue weighted by Gasteiger charge is 2.24. The smallest absolute Gasteiger partial charge is 0.254 e. The maximum absolute atomic E-state index is 12.6. The molecule has 0 saturated carbocycles. The summed E-state index contributed by atoms with van der Waals surface area (Å²) in [5.74, 6) is 0.171. The van der Waals surface area contributed by atoms with Gasteiger partial charge in [0.15, 0.2) is 0 Å². The number of benzene rings is 1. The molecule has 4 heteroatoms. The zero-order valence-corrected chi connectivity index (χ0v) is 13.4. The van der Waals surface area contributed by atoms with E-state index in [1.807, 2.05) is 29.2 Å².